The van der Waals surface area contributed by atoms with Gasteiger partial charge in [-0.3, -0.25) is 10.1 Å². The molecule has 106 valence electrons. The summed E-state index contributed by atoms with van der Waals surface area (Å²) in [6.45, 7) is 2.99. The molecule has 1 saturated heterocycles. The molecule has 7 nitrogen and oxygen atoms in total. The number of piperidine rings is 1. The number of hydrogen-bond donors (Lipinski definition) is 1. The van der Waals surface area contributed by atoms with Crippen LogP contribution in [0.15, 0.2) is 10.3 Å². The maximum atomic E-state index is 12.3. The lowest BCUT2D eigenvalue weighted by molar-refractivity contribution is -0.383. The molecule has 2 N–H and O–H groups in total. The molecular formula is C10H15N3O4S2. The molecule has 2 heterocycles. The van der Waals surface area contributed by atoms with Gasteiger partial charge in [-0.1, -0.05) is 18.3 Å². The van der Waals surface area contributed by atoms with Crippen molar-refractivity contribution < 1.29 is 13.3 Å². The molecule has 0 atom stereocenters. The van der Waals surface area contributed by atoms with E-state index in [0.717, 1.165) is 30.2 Å². The minimum absolute atomic E-state index is 0.0498. The predicted octanol–water partition coefficient (Wildman–Crippen LogP) is 1.66. The molecule has 0 bridgehead atoms. The first-order valence-corrected chi connectivity index (χ1v) is 8.12. The van der Waals surface area contributed by atoms with Crippen LogP contribution in [0.3, 0.4) is 0 Å². The Hall–Kier alpha value is -1.19. The summed E-state index contributed by atoms with van der Waals surface area (Å²) in [5.74, 6) is 0.509. The van der Waals surface area contributed by atoms with Gasteiger partial charge >= 0.3 is 5.69 Å². The molecule has 0 aliphatic carbocycles. The van der Waals surface area contributed by atoms with Gasteiger partial charge in [0.15, 0.2) is 5.00 Å². The molecule has 1 aliphatic heterocycles. The summed E-state index contributed by atoms with van der Waals surface area (Å²) in [6.07, 6.45) is 1.62. The smallest absolute Gasteiger partial charge is 0.304 e. The van der Waals surface area contributed by atoms with E-state index in [9.17, 15) is 18.5 Å². The van der Waals surface area contributed by atoms with E-state index >= 15 is 0 Å². The van der Waals surface area contributed by atoms with Gasteiger partial charge in [0.1, 0.15) is 4.21 Å². The highest BCUT2D eigenvalue weighted by molar-refractivity contribution is 7.91. The molecule has 1 fully saturated rings. The van der Waals surface area contributed by atoms with Crippen LogP contribution in [-0.4, -0.2) is 30.7 Å². The monoisotopic (exact) mass is 305 g/mol. The van der Waals surface area contributed by atoms with Crippen molar-refractivity contribution >= 4 is 32.0 Å². The SMILES string of the molecule is CC1CCN(S(=O)(=O)c2cc([N+](=O)[O-])c(N)s2)CC1. The van der Waals surface area contributed by atoms with Gasteiger partial charge in [-0.15, -0.1) is 0 Å². The summed E-state index contributed by atoms with van der Waals surface area (Å²) in [6, 6.07) is 1.05. The van der Waals surface area contributed by atoms with E-state index in [0.29, 0.717) is 19.0 Å². The first-order valence-electron chi connectivity index (χ1n) is 5.86. The Kier molecular flexibility index (Phi) is 3.79. The number of anilines is 1. The van der Waals surface area contributed by atoms with Crippen LogP contribution in [0.5, 0.6) is 0 Å². The Morgan fingerprint density at radius 2 is 2.05 bits per heavy atom. The molecule has 1 aromatic heterocycles. The summed E-state index contributed by atoms with van der Waals surface area (Å²) < 4.78 is 26.0. The van der Waals surface area contributed by atoms with Gasteiger partial charge < -0.3 is 5.73 Å². The average Bonchev–Trinajstić information content (AvgIpc) is 2.72. The minimum Gasteiger partial charge on any atom is -0.385 e. The zero-order valence-electron chi connectivity index (χ0n) is 10.4. The highest BCUT2D eigenvalue weighted by atomic mass is 32.2. The molecule has 0 unspecified atom stereocenters. The van der Waals surface area contributed by atoms with E-state index in [1.54, 1.807) is 0 Å². The first-order chi connectivity index (χ1) is 8.82. The van der Waals surface area contributed by atoms with Gasteiger partial charge in [-0.25, -0.2) is 8.42 Å². The molecule has 1 aliphatic rings. The highest BCUT2D eigenvalue weighted by Crippen LogP contribution is 2.36. The fraction of sp³-hybridized carbons (Fsp3) is 0.600. The maximum absolute atomic E-state index is 12.3. The van der Waals surface area contributed by atoms with Crippen molar-refractivity contribution in [3.8, 4) is 0 Å². The number of rotatable bonds is 3. The summed E-state index contributed by atoms with van der Waals surface area (Å²) in [4.78, 5) is 10.0. The molecule has 0 aromatic carbocycles. The molecule has 0 radical (unpaired) electrons. The standard InChI is InChI=1S/C10H15N3O4S2/c1-7-2-4-12(5-3-7)19(16,17)9-6-8(13(14)15)10(11)18-9/h6-7H,2-5,11H2,1H3. The average molecular weight is 305 g/mol. The molecule has 0 amide bonds. The van der Waals surface area contributed by atoms with Crippen molar-refractivity contribution in [2.75, 3.05) is 18.8 Å². The fourth-order valence-corrected chi connectivity index (χ4v) is 4.83. The third kappa shape index (κ3) is 2.72. The van der Waals surface area contributed by atoms with E-state index < -0.39 is 14.9 Å². The maximum Gasteiger partial charge on any atom is 0.304 e. The van der Waals surface area contributed by atoms with Gasteiger partial charge in [0, 0.05) is 19.2 Å². The lowest BCUT2D eigenvalue weighted by atomic mass is 10.0. The summed E-state index contributed by atoms with van der Waals surface area (Å²) in [7, 11) is -3.65. The van der Waals surface area contributed by atoms with Crippen molar-refractivity contribution in [2.24, 2.45) is 5.92 Å². The van der Waals surface area contributed by atoms with Crippen molar-refractivity contribution in [3.05, 3.63) is 16.2 Å². The number of nitrogen functional groups attached to an aromatic ring is 1. The largest absolute Gasteiger partial charge is 0.385 e. The van der Waals surface area contributed by atoms with E-state index in [1.165, 1.54) is 4.31 Å². The van der Waals surface area contributed by atoms with Crippen molar-refractivity contribution in [1.82, 2.24) is 4.31 Å². The molecule has 1 aromatic rings. The van der Waals surface area contributed by atoms with Crippen LogP contribution in [0, 0.1) is 16.0 Å². The molecule has 19 heavy (non-hydrogen) atoms. The zero-order valence-corrected chi connectivity index (χ0v) is 12.0. The molecule has 0 saturated carbocycles. The van der Waals surface area contributed by atoms with Crippen LogP contribution in [0.1, 0.15) is 19.8 Å². The Bertz CT molecular complexity index is 588. The van der Waals surface area contributed by atoms with Gasteiger partial charge in [0.25, 0.3) is 10.0 Å². The van der Waals surface area contributed by atoms with Crippen LogP contribution < -0.4 is 5.73 Å². The van der Waals surface area contributed by atoms with Crippen LogP contribution >= 0.6 is 11.3 Å². The summed E-state index contributed by atoms with van der Waals surface area (Å²) >= 11 is 0.751. The van der Waals surface area contributed by atoms with Gasteiger partial charge in [-0.05, 0) is 18.8 Å². The Morgan fingerprint density at radius 1 is 1.47 bits per heavy atom. The second-order valence-corrected chi connectivity index (χ2v) is 7.91. The predicted molar refractivity (Wildman–Crippen MR) is 72.5 cm³/mol. The van der Waals surface area contributed by atoms with Gasteiger partial charge in [-0.2, -0.15) is 4.31 Å². The van der Waals surface area contributed by atoms with Crippen LogP contribution in [-0.2, 0) is 10.0 Å². The van der Waals surface area contributed by atoms with Gasteiger partial charge in [0.05, 0.1) is 4.92 Å². The summed E-state index contributed by atoms with van der Waals surface area (Å²) in [5, 5.41) is 10.6. The van der Waals surface area contributed by atoms with E-state index in [2.05, 4.69) is 6.92 Å². The van der Waals surface area contributed by atoms with Gasteiger partial charge in [0.2, 0.25) is 0 Å². The van der Waals surface area contributed by atoms with Crippen molar-refractivity contribution in [2.45, 2.75) is 24.0 Å². The number of sulfonamides is 1. The van der Waals surface area contributed by atoms with Crippen molar-refractivity contribution in [1.29, 1.82) is 0 Å². The van der Waals surface area contributed by atoms with E-state index in [-0.39, 0.29) is 14.9 Å². The Balaban J connectivity index is 2.29. The third-order valence-corrected chi connectivity index (χ3v) is 6.55. The lowest BCUT2D eigenvalue weighted by Crippen LogP contribution is -2.37. The fourth-order valence-electron chi connectivity index (χ4n) is 2.00. The number of nitrogens with two attached hydrogens (primary N) is 1. The van der Waals surface area contributed by atoms with E-state index in [1.807, 2.05) is 0 Å². The minimum atomic E-state index is -3.65. The number of thiophene rings is 1. The van der Waals surface area contributed by atoms with Crippen LogP contribution in [0.2, 0.25) is 0 Å². The second kappa shape index (κ2) is 5.06. The number of nitro groups is 1. The van der Waals surface area contributed by atoms with E-state index in [4.69, 9.17) is 5.73 Å². The normalized spacial score (nSPS) is 18.6. The third-order valence-electron chi connectivity index (χ3n) is 3.25. The molecule has 0 spiro atoms. The lowest BCUT2D eigenvalue weighted by Gasteiger charge is -2.28. The second-order valence-electron chi connectivity index (χ2n) is 4.66. The number of nitrogens with zero attached hydrogens (tertiary/aromatic N) is 2. The molecular weight excluding hydrogens is 290 g/mol. The Morgan fingerprint density at radius 3 is 2.53 bits per heavy atom. The van der Waals surface area contributed by atoms with Crippen LogP contribution in [0.25, 0.3) is 0 Å². The highest BCUT2D eigenvalue weighted by Gasteiger charge is 2.32. The topological polar surface area (TPSA) is 107 Å². The molecule has 9 heteroatoms. The Labute approximate surface area is 115 Å². The number of hydrogen-bond acceptors (Lipinski definition) is 6. The summed E-state index contributed by atoms with van der Waals surface area (Å²) in [5.41, 5.74) is 5.15. The molecule has 2 rings (SSSR count). The quantitative estimate of drug-likeness (QED) is 0.675. The van der Waals surface area contributed by atoms with Crippen LogP contribution in [0.4, 0.5) is 10.7 Å². The van der Waals surface area contributed by atoms with Crippen molar-refractivity contribution in [3.63, 3.8) is 0 Å². The first kappa shape index (κ1) is 14.2. The zero-order chi connectivity index (χ0) is 14.2.